The fourth-order valence-electron chi connectivity index (χ4n) is 0.748. The fourth-order valence-corrected chi connectivity index (χ4v) is 0.748. The van der Waals surface area contributed by atoms with Gasteiger partial charge in [-0.25, -0.2) is 0 Å². The molecule has 0 amide bonds. The van der Waals surface area contributed by atoms with Gasteiger partial charge in [0.2, 0.25) is 0 Å². The molecule has 0 radical (unpaired) electrons. The SMILES string of the molecule is CC(O)(O)CCCCCO. The lowest BCUT2D eigenvalue weighted by Crippen LogP contribution is -2.22. The van der Waals surface area contributed by atoms with Crippen molar-refractivity contribution in [3.8, 4) is 0 Å². The first-order valence-electron chi connectivity index (χ1n) is 3.62. The first kappa shape index (κ1) is 9.88. The molecule has 0 aliphatic heterocycles. The van der Waals surface area contributed by atoms with Crippen molar-refractivity contribution in [1.82, 2.24) is 0 Å². The maximum absolute atomic E-state index is 8.81. The van der Waals surface area contributed by atoms with E-state index in [1.165, 1.54) is 6.92 Å². The van der Waals surface area contributed by atoms with Crippen LogP contribution in [0.5, 0.6) is 0 Å². The van der Waals surface area contributed by atoms with E-state index >= 15 is 0 Å². The Kier molecular flexibility index (Phi) is 4.60. The monoisotopic (exact) mass is 148 g/mol. The molecule has 0 unspecified atom stereocenters. The van der Waals surface area contributed by atoms with Gasteiger partial charge in [0.1, 0.15) is 0 Å². The number of hydrogen-bond donors (Lipinski definition) is 3. The molecule has 0 bridgehead atoms. The standard InChI is InChI=1S/C7H16O3/c1-7(9,10)5-3-2-4-6-8/h8-10H,2-6H2,1H3. The number of aliphatic hydroxyl groups is 3. The van der Waals surface area contributed by atoms with E-state index in [2.05, 4.69) is 0 Å². The summed E-state index contributed by atoms with van der Waals surface area (Å²) in [5, 5.41) is 26.0. The molecule has 0 saturated heterocycles. The summed E-state index contributed by atoms with van der Waals surface area (Å²) in [4.78, 5) is 0. The topological polar surface area (TPSA) is 60.7 Å². The maximum Gasteiger partial charge on any atom is 0.159 e. The largest absolute Gasteiger partial charge is 0.396 e. The average Bonchev–Trinajstić information content (AvgIpc) is 1.78. The summed E-state index contributed by atoms with van der Waals surface area (Å²) in [6.07, 6.45) is 2.74. The lowest BCUT2D eigenvalue weighted by atomic mass is 10.1. The van der Waals surface area contributed by atoms with Crippen LogP contribution in [0.1, 0.15) is 32.6 Å². The Morgan fingerprint density at radius 2 is 1.70 bits per heavy atom. The highest BCUT2D eigenvalue weighted by atomic mass is 16.5. The lowest BCUT2D eigenvalue weighted by Gasteiger charge is -2.14. The predicted octanol–water partition coefficient (Wildman–Crippen LogP) is 0.240. The zero-order valence-corrected chi connectivity index (χ0v) is 6.38. The first-order chi connectivity index (χ1) is 4.56. The number of unbranched alkanes of at least 4 members (excludes halogenated alkanes) is 2. The summed E-state index contributed by atoms with van der Waals surface area (Å²) in [7, 11) is 0. The minimum Gasteiger partial charge on any atom is -0.396 e. The van der Waals surface area contributed by atoms with Crippen molar-refractivity contribution in [2.45, 2.75) is 38.4 Å². The van der Waals surface area contributed by atoms with E-state index in [1.807, 2.05) is 0 Å². The second kappa shape index (κ2) is 4.66. The van der Waals surface area contributed by atoms with Crippen molar-refractivity contribution in [3.05, 3.63) is 0 Å². The third-order valence-electron chi connectivity index (χ3n) is 1.31. The average molecular weight is 148 g/mol. The zero-order chi connectivity index (χ0) is 8.04. The Morgan fingerprint density at radius 1 is 1.10 bits per heavy atom. The lowest BCUT2D eigenvalue weighted by molar-refractivity contribution is -0.150. The van der Waals surface area contributed by atoms with Crippen LogP contribution in [-0.2, 0) is 0 Å². The van der Waals surface area contributed by atoms with Crippen molar-refractivity contribution in [1.29, 1.82) is 0 Å². The minimum atomic E-state index is -1.53. The molecule has 0 saturated carbocycles. The van der Waals surface area contributed by atoms with Crippen LogP contribution in [0.25, 0.3) is 0 Å². The summed E-state index contributed by atoms with van der Waals surface area (Å²) < 4.78 is 0. The van der Waals surface area contributed by atoms with E-state index in [-0.39, 0.29) is 6.61 Å². The normalized spacial score (nSPS) is 12.0. The van der Waals surface area contributed by atoms with E-state index in [9.17, 15) is 0 Å². The van der Waals surface area contributed by atoms with E-state index < -0.39 is 5.79 Å². The molecule has 62 valence electrons. The fraction of sp³-hybridized carbons (Fsp3) is 1.00. The Balaban J connectivity index is 3.04. The van der Waals surface area contributed by atoms with Crippen molar-refractivity contribution in [3.63, 3.8) is 0 Å². The Morgan fingerprint density at radius 3 is 2.10 bits per heavy atom. The molecule has 3 nitrogen and oxygen atoms in total. The number of hydrogen-bond acceptors (Lipinski definition) is 3. The molecule has 0 aromatic carbocycles. The van der Waals surface area contributed by atoms with Gasteiger partial charge in [-0.2, -0.15) is 0 Å². The second-order valence-electron chi connectivity index (χ2n) is 2.75. The van der Waals surface area contributed by atoms with Crippen LogP contribution < -0.4 is 0 Å². The predicted molar refractivity (Wildman–Crippen MR) is 38.4 cm³/mol. The molecule has 0 aliphatic rings. The van der Waals surface area contributed by atoms with Gasteiger partial charge >= 0.3 is 0 Å². The molecule has 3 N–H and O–H groups in total. The van der Waals surface area contributed by atoms with Crippen LogP contribution in [0.4, 0.5) is 0 Å². The van der Waals surface area contributed by atoms with Crippen LogP contribution >= 0.6 is 0 Å². The number of rotatable bonds is 5. The van der Waals surface area contributed by atoms with Gasteiger partial charge in [0.15, 0.2) is 5.79 Å². The third kappa shape index (κ3) is 7.88. The van der Waals surface area contributed by atoms with Gasteiger partial charge in [-0.15, -0.1) is 0 Å². The van der Waals surface area contributed by atoms with E-state index in [1.54, 1.807) is 0 Å². The highest BCUT2D eigenvalue weighted by Crippen LogP contribution is 2.09. The summed E-state index contributed by atoms with van der Waals surface area (Å²) in [6.45, 7) is 1.56. The van der Waals surface area contributed by atoms with Gasteiger partial charge in [0.05, 0.1) is 0 Å². The smallest absolute Gasteiger partial charge is 0.159 e. The molecular formula is C7H16O3. The zero-order valence-electron chi connectivity index (χ0n) is 6.38. The van der Waals surface area contributed by atoms with Gasteiger partial charge in [-0.3, -0.25) is 0 Å². The van der Waals surface area contributed by atoms with Crippen LogP contribution in [-0.4, -0.2) is 27.7 Å². The van der Waals surface area contributed by atoms with Crippen molar-refractivity contribution < 1.29 is 15.3 Å². The molecule has 0 aliphatic carbocycles. The highest BCUT2D eigenvalue weighted by molar-refractivity contribution is 4.55. The van der Waals surface area contributed by atoms with Gasteiger partial charge < -0.3 is 15.3 Å². The van der Waals surface area contributed by atoms with Crippen molar-refractivity contribution in [2.75, 3.05) is 6.61 Å². The van der Waals surface area contributed by atoms with Gasteiger partial charge in [-0.1, -0.05) is 6.42 Å². The molecular weight excluding hydrogens is 132 g/mol. The van der Waals surface area contributed by atoms with Crippen LogP contribution in [0, 0.1) is 0 Å². The minimum absolute atomic E-state index is 0.188. The van der Waals surface area contributed by atoms with Gasteiger partial charge in [-0.05, 0) is 19.8 Å². The van der Waals surface area contributed by atoms with Gasteiger partial charge in [0, 0.05) is 13.0 Å². The van der Waals surface area contributed by atoms with E-state index in [4.69, 9.17) is 15.3 Å². The number of aliphatic hydroxyl groups excluding tert-OH is 1. The highest BCUT2D eigenvalue weighted by Gasteiger charge is 2.12. The Bertz CT molecular complexity index is 75.4. The van der Waals surface area contributed by atoms with Crippen LogP contribution in [0.15, 0.2) is 0 Å². The van der Waals surface area contributed by atoms with E-state index in [0.717, 1.165) is 19.3 Å². The van der Waals surface area contributed by atoms with Crippen LogP contribution in [0.3, 0.4) is 0 Å². The van der Waals surface area contributed by atoms with Crippen molar-refractivity contribution >= 4 is 0 Å². The maximum atomic E-state index is 8.81. The molecule has 3 heteroatoms. The molecule has 0 fully saturated rings. The molecule has 10 heavy (non-hydrogen) atoms. The second-order valence-corrected chi connectivity index (χ2v) is 2.75. The van der Waals surface area contributed by atoms with Gasteiger partial charge in [0.25, 0.3) is 0 Å². The summed E-state index contributed by atoms with van der Waals surface area (Å²) >= 11 is 0. The summed E-state index contributed by atoms with van der Waals surface area (Å²) in [5.74, 6) is -1.53. The molecule has 0 spiro atoms. The third-order valence-corrected chi connectivity index (χ3v) is 1.31. The first-order valence-corrected chi connectivity index (χ1v) is 3.62. The molecule has 0 aromatic rings. The summed E-state index contributed by atoms with van der Waals surface area (Å²) in [6, 6.07) is 0. The Hall–Kier alpha value is -0.120. The molecule has 0 heterocycles. The Labute approximate surface area is 61.3 Å². The van der Waals surface area contributed by atoms with E-state index in [0.29, 0.717) is 6.42 Å². The molecule has 0 atom stereocenters. The molecule has 0 aromatic heterocycles. The van der Waals surface area contributed by atoms with Crippen LogP contribution in [0.2, 0.25) is 0 Å². The van der Waals surface area contributed by atoms with Crippen molar-refractivity contribution in [2.24, 2.45) is 0 Å². The quantitative estimate of drug-likeness (QED) is 0.386. The molecule has 0 rings (SSSR count). The summed E-state index contributed by atoms with van der Waals surface area (Å²) in [5.41, 5.74) is 0.